The number of aryl methyl sites for hydroxylation is 1. The van der Waals surface area contributed by atoms with Gasteiger partial charge >= 0.3 is 5.97 Å². The van der Waals surface area contributed by atoms with E-state index in [0.717, 1.165) is 6.42 Å². The number of nitro groups is 1. The van der Waals surface area contributed by atoms with Crippen molar-refractivity contribution >= 4 is 23.6 Å². The zero-order valence-corrected chi connectivity index (χ0v) is 17.9. The molecule has 162 valence electrons. The maximum atomic E-state index is 12.3. The molecule has 0 radical (unpaired) electrons. The minimum absolute atomic E-state index is 0.00686. The van der Waals surface area contributed by atoms with Crippen LogP contribution in [0.2, 0.25) is 0 Å². The van der Waals surface area contributed by atoms with Crippen molar-refractivity contribution in [3.63, 3.8) is 0 Å². The molecule has 8 heteroatoms. The molecule has 1 heterocycles. The first-order chi connectivity index (χ1) is 14.8. The van der Waals surface area contributed by atoms with Gasteiger partial charge in [-0.25, -0.2) is 9.79 Å². The summed E-state index contributed by atoms with van der Waals surface area (Å²) in [6, 6.07) is 9.84. The largest absolute Gasteiger partial charge is 0.490 e. The normalized spacial score (nSPS) is 15.4. The van der Waals surface area contributed by atoms with Gasteiger partial charge in [0.2, 0.25) is 5.90 Å². The van der Waals surface area contributed by atoms with Crippen molar-refractivity contribution in [2.24, 2.45) is 4.99 Å². The Hall–Kier alpha value is -3.68. The van der Waals surface area contributed by atoms with Crippen molar-refractivity contribution in [1.29, 1.82) is 0 Å². The van der Waals surface area contributed by atoms with Crippen molar-refractivity contribution in [3.8, 4) is 11.5 Å². The van der Waals surface area contributed by atoms with Crippen LogP contribution in [0.15, 0.2) is 47.1 Å². The summed E-state index contributed by atoms with van der Waals surface area (Å²) < 4.78 is 16.9. The van der Waals surface area contributed by atoms with Crippen LogP contribution in [0.25, 0.3) is 6.08 Å². The summed E-state index contributed by atoms with van der Waals surface area (Å²) >= 11 is 0. The number of hydrogen-bond acceptors (Lipinski definition) is 7. The molecule has 0 saturated heterocycles. The molecule has 0 aliphatic carbocycles. The second-order valence-electron chi connectivity index (χ2n) is 7.07. The lowest BCUT2D eigenvalue weighted by molar-refractivity contribution is -0.385. The molecule has 0 aromatic heterocycles. The number of carbonyl (C=O) groups excluding carboxylic acids is 1. The Kier molecular flexibility index (Phi) is 6.69. The van der Waals surface area contributed by atoms with E-state index in [2.05, 4.69) is 4.99 Å². The van der Waals surface area contributed by atoms with Crippen molar-refractivity contribution in [1.82, 2.24) is 0 Å². The summed E-state index contributed by atoms with van der Waals surface area (Å²) in [7, 11) is 0. The molecule has 0 saturated carbocycles. The van der Waals surface area contributed by atoms with Crippen LogP contribution in [-0.4, -0.2) is 29.5 Å². The SMILES string of the molecule is CCOc1cc(/C=C2\N=C(c3ccc([N+](=O)[O-])c(C)c3)OC2=O)ccc1OC(C)CC. The van der Waals surface area contributed by atoms with E-state index in [4.69, 9.17) is 14.2 Å². The number of ether oxygens (including phenoxy) is 3. The minimum atomic E-state index is -0.594. The van der Waals surface area contributed by atoms with Gasteiger partial charge in [-0.3, -0.25) is 10.1 Å². The van der Waals surface area contributed by atoms with Crippen LogP contribution in [0.5, 0.6) is 11.5 Å². The number of carbonyl (C=O) groups is 1. The van der Waals surface area contributed by atoms with Crippen molar-refractivity contribution in [3.05, 3.63) is 68.9 Å². The first-order valence-corrected chi connectivity index (χ1v) is 10.0. The molecule has 2 aromatic rings. The number of cyclic esters (lactones) is 1. The average Bonchev–Trinajstić information content (AvgIpc) is 3.10. The highest BCUT2D eigenvalue weighted by molar-refractivity contribution is 6.13. The van der Waals surface area contributed by atoms with Crippen LogP contribution in [0.3, 0.4) is 0 Å². The van der Waals surface area contributed by atoms with Gasteiger partial charge in [-0.05, 0) is 63.1 Å². The molecule has 2 aromatic carbocycles. The summed E-state index contributed by atoms with van der Waals surface area (Å²) in [5.74, 6) is 0.733. The molecule has 1 unspecified atom stereocenters. The van der Waals surface area contributed by atoms with Crippen LogP contribution < -0.4 is 9.47 Å². The average molecular weight is 424 g/mol. The van der Waals surface area contributed by atoms with Crippen LogP contribution in [0, 0.1) is 17.0 Å². The van der Waals surface area contributed by atoms with Gasteiger partial charge in [-0.15, -0.1) is 0 Å². The minimum Gasteiger partial charge on any atom is -0.490 e. The van der Waals surface area contributed by atoms with Gasteiger partial charge in [-0.1, -0.05) is 13.0 Å². The lowest BCUT2D eigenvalue weighted by Gasteiger charge is -2.16. The molecule has 0 spiro atoms. The molecular formula is C23H24N2O6. The van der Waals surface area contributed by atoms with Gasteiger partial charge in [0.1, 0.15) is 0 Å². The fourth-order valence-corrected chi connectivity index (χ4v) is 2.96. The van der Waals surface area contributed by atoms with Crippen molar-refractivity contribution in [2.75, 3.05) is 6.61 Å². The Morgan fingerprint density at radius 2 is 1.97 bits per heavy atom. The van der Waals surface area contributed by atoms with Crippen LogP contribution in [0.4, 0.5) is 5.69 Å². The predicted molar refractivity (Wildman–Crippen MR) is 116 cm³/mol. The van der Waals surface area contributed by atoms with Crippen molar-refractivity contribution in [2.45, 2.75) is 40.2 Å². The molecule has 31 heavy (non-hydrogen) atoms. The number of hydrogen-bond donors (Lipinski definition) is 0. The van der Waals surface area contributed by atoms with E-state index >= 15 is 0 Å². The van der Waals surface area contributed by atoms with E-state index in [1.54, 1.807) is 31.2 Å². The molecule has 8 nitrogen and oxygen atoms in total. The molecule has 3 rings (SSSR count). The topological polar surface area (TPSA) is 100 Å². The first-order valence-electron chi connectivity index (χ1n) is 10.0. The molecule has 0 fully saturated rings. The summed E-state index contributed by atoms with van der Waals surface area (Å²) in [5, 5.41) is 11.0. The molecule has 1 atom stereocenters. The highest BCUT2D eigenvalue weighted by Crippen LogP contribution is 2.31. The van der Waals surface area contributed by atoms with E-state index in [9.17, 15) is 14.9 Å². The van der Waals surface area contributed by atoms with E-state index in [1.165, 1.54) is 12.1 Å². The van der Waals surface area contributed by atoms with E-state index < -0.39 is 10.9 Å². The maximum absolute atomic E-state index is 12.3. The monoisotopic (exact) mass is 424 g/mol. The third-order valence-electron chi connectivity index (χ3n) is 4.74. The second kappa shape index (κ2) is 9.42. The standard InChI is InChI=1S/C23H24N2O6/c1-5-15(4)30-20-10-7-16(13-21(20)29-6-2)12-18-23(26)31-22(24-18)17-8-9-19(25(27)28)14(3)11-17/h7-13,15H,5-6H2,1-4H3/b18-12-. The Bertz CT molecular complexity index is 1070. The van der Waals surface area contributed by atoms with E-state index in [0.29, 0.717) is 34.8 Å². The third-order valence-corrected chi connectivity index (χ3v) is 4.74. The Morgan fingerprint density at radius 3 is 2.61 bits per heavy atom. The lowest BCUT2D eigenvalue weighted by Crippen LogP contribution is -2.10. The van der Waals surface area contributed by atoms with E-state index in [1.807, 2.05) is 26.8 Å². The van der Waals surface area contributed by atoms with Crippen LogP contribution >= 0.6 is 0 Å². The number of rotatable bonds is 8. The summed E-state index contributed by atoms with van der Waals surface area (Å²) in [6.45, 7) is 8.00. The third kappa shape index (κ3) is 5.09. The zero-order valence-electron chi connectivity index (χ0n) is 17.9. The molecule has 1 aliphatic rings. The molecular weight excluding hydrogens is 400 g/mol. The second-order valence-corrected chi connectivity index (χ2v) is 7.07. The maximum Gasteiger partial charge on any atom is 0.363 e. The summed E-state index contributed by atoms with van der Waals surface area (Å²) in [4.78, 5) is 27.1. The predicted octanol–water partition coefficient (Wildman–Crippen LogP) is 4.82. The Morgan fingerprint density at radius 1 is 1.19 bits per heavy atom. The lowest BCUT2D eigenvalue weighted by atomic mass is 10.1. The molecule has 1 aliphatic heterocycles. The fourth-order valence-electron chi connectivity index (χ4n) is 2.96. The molecule has 0 amide bonds. The number of nitrogens with zero attached hydrogens (tertiary/aromatic N) is 2. The highest BCUT2D eigenvalue weighted by Gasteiger charge is 2.25. The number of aliphatic imine (C=N–C) groups is 1. The zero-order chi connectivity index (χ0) is 22.5. The summed E-state index contributed by atoms with van der Waals surface area (Å²) in [6.07, 6.45) is 2.51. The molecule has 0 N–H and O–H groups in total. The highest BCUT2D eigenvalue weighted by atomic mass is 16.6. The van der Waals surface area contributed by atoms with Gasteiger partial charge < -0.3 is 14.2 Å². The van der Waals surface area contributed by atoms with E-state index in [-0.39, 0.29) is 23.4 Å². The number of benzene rings is 2. The van der Waals surface area contributed by atoms with Gasteiger partial charge in [0.15, 0.2) is 17.2 Å². The fraction of sp³-hybridized carbons (Fsp3) is 0.304. The Labute approximate surface area is 180 Å². The van der Waals surface area contributed by atoms with Crippen molar-refractivity contribution < 1.29 is 23.9 Å². The smallest absolute Gasteiger partial charge is 0.363 e. The van der Waals surface area contributed by atoms with Crippen LogP contribution in [0.1, 0.15) is 43.9 Å². The molecule has 0 bridgehead atoms. The number of esters is 1. The quantitative estimate of drug-likeness (QED) is 0.261. The van der Waals surface area contributed by atoms with Crippen LogP contribution in [-0.2, 0) is 9.53 Å². The summed E-state index contributed by atoms with van der Waals surface area (Å²) in [5.41, 5.74) is 1.78. The van der Waals surface area contributed by atoms with Gasteiger partial charge in [-0.2, -0.15) is 0 Å². The number of nitro benzene ring substituents is 1. The first kappa shape index (κ1) is 22.0. The van der Waals surface area contributed by atoms with Gasteiger partial charge in [0.05, 0.1) is 17.6 Å². The van der Waals surface area contributed by atoms with Gasteiger partial charge in [0, 0.05) is 17.2 Å². The Balaban J connectivity index is 1.90. The van der Waals surface area contributed by atoms with Gasteiger partial charge in [0.25, 0.3) is 5.69 Å².